The van der Waals surface area contributed by atoms with Crippen LogP contribution in [0.25, 0.3) is 0 Å². The maximum atomic E-state index is 6.14. The molecule has 0 bridgehead atoms. The molecule has 2 rings (SSSR count). The smallest absolute Gasteiger partial charge is 0.0396 e. The third-order valence-corrected chi connectivity index (χ3v) is 4.67. The molecule has 1 aliphatic rings. The van der Waals surface area contributed by atoms with Crippen LogP contribution in [0.5, 0.6) is 0 Å². The average molecular weight is 274 g/mol. The van der Waals surface area contributed by atoms with Crippen molar-refractivity contribution >= 4 is 5.69 Å². The molecule has 1 aromatic carbocycles. The highest BCUT2D eigenvalue weighted by molar-refractivity contribution is 5.53. The van der Waals surface area contributed by atoms with E-state index in [9.17, 15) is 0 Å². The maximum absolute atomic E-state index is 6.14. The van der Waals surface area contributed by atoms with Gasteiger partial charge in [-0.25, -0.2) is 0 Å². The summed E-state index contributed by atoms with van der Waals surface area (Å²) >= 11 is 0. The highest BCUT2D eigenvalue weighted by Gasteiger charge is 2.17. The highest BCUT2D eigenvalue weighted by Crippen LogP contribution is 2.27. The molecule has 2 heteroatoms. The van der Waals surface area contributed by atoms with Crippen molar-refractivity contribution in [3.05, 3.63) is 29.8 Å². The Morgan fingerprint density at radius 3 is 2.60 bits per heavy atom. The summed E-state index contributed by atoms with van der Waals surface area (Å²) in [6, 6.07) is 9.05. The lowest BCUT2D eigenvalue weighted by Gasteiger charge is -2.30. The molecule has 1 unspecified atom stereocenters. The van der Waals surface area contributed by atoms with Crippen LogP contribution in [-0.4, -0.2) is 19.6 Å². The summed E-state index contributed by atoms with van der Waals surface area (Å²) in [5, 5.41) is 0. The predicted octanol–water partition coefficient (Wildman–Crippen LogP) is 3.98. The summed E-state index contributed by atoms with van der Waals surface area (Å²) < 4.78 is 0. The summed E-state index contributed by atoms with van der Waals surface area (Å²) in [4.78, 5) is 2.45. The van der Waals surface area contributed by atoms with Gasteiger partial charge in [0.25, 0.3) is 0 Å². The first kappa shape index (κ1) is 15.4. The van der Waals surface area contributed by atoms with Crippen LogP contribution in [-0.2, 0) is 6.42 Å². The zero-order valence-electron chi connectivity index (χ0n) is 13.1. The van der Waals surface area contributed by atoms with Crippen LogP contribution in [0.1, 0.15) is 51.0 Å². The van der Waals surface area contributed by atoms with Crippen LogP contribution in [0.15, 0.2) is 24.3 Å². The van der Waals surface area contributed by atoms with Crippen molar-refractivity contribution < 1.29 is 0 Å². The van der Waals surface area contributed by atoms with E-state index in [1.807, 2.05) is 0 Å². The van der Waals surface area contributed by atoms with Crippen LogP contribution in [0.3, 0.4) is 0 Å². The predicted molar refractivity (Wildman–Crippen MR) is 88.3 cm³/mol. The lowest BCUT2D eigenvalue weighted by atomic mass is 9.89. The summed E-state index contributed by atoms with van der Waals surface area (Å²) in [5.74, 6) is 0.877. The summed E-state index contributed by atoms with van der Waals surface area (Å²) in [7, 11) is 2.24. The van der Waals surface area contributed by atoms with Crippen LogP contribution >= 0.6 is 0 Å². The van der Waals surface area contributed by atoms with E-state index < -0.39 is 0 Å². The number of anilines is 1. The highest BCUT2D eigenvalue weighted by atomic mass is 15.1. The van der Waals surface area contributed by atoms with Crippen molar-refractivity contribution in [1.82, 2.24) is 0 Å². The van der Waals surface area contributed by atoms with Gasteiger partial charge < -0.3 is 10.6 Å². The third-order valence-electron chi connectivity index (χ3n) is 4.67. The van der Waals surface area contributed by atoms with Gasteiger partial charge in [-0.15, -0.1) is 0 Å². The van der Waals surface area contributed by atoms with E-state index in [0.717, 1.165) is 18.8 Å². The minimum Gasteiger partial charge on any atom is -0.374 e. The van der Waals surface area contributed by atoms with Crippen molar-refractivity contribution in [1.29, 1.82) is 0 Å². The van der Waals surface area contributed by atoms with E-state index in [2.05, 4.69) is 43.1 Å². The molecule has 1 saturated carbocycles. The van der Waals surface area contributed by atoms with Gasteiger partial charge in [-0.1, -0.05) is 44.4 Å². The van der Waals surface area contributed by atoms with Crippen LogP contribution in [0.2, 0.25) is 0 Å². The van der Waals surface area contributed by atoms with E-state index in [-0.39, 0.29) is 6.04 Å². The summed E-state index contributed by atoms with van der Waals surface area (Å²) in [6.45, 7) is 3.36. The van der Waals surface area contributed by atoms with Gasteiger partial charge in [0.05, 0.1) is 0 Å². The molecule has 1 fully saturated rings. The number of nitrogens with two attached hydrogens (primary N) is 1. The van der Waals surface area contributed by atoms with E-state index in [4.69, 9.17) is 5.73 Å². The van der Waals surface area contributed by atoms with Gasteiger partial charge in [-0.05, 0) is 43.2 Å². The topological polar surface area (TPSA) is 29.3 Å². The SMILES string of the molecule is CCC(N)Cc1ccccc1N(C)CC1CCCCC1. The van der Waals surface area contributed by atoms with E-state index in [1.165, 1.54) is 49.9 Å². The molecule has 0 aromatic heterocycles. The average Bonchev–Trinajstić information content (AvgIpc) is 2.48. The molecule has 112 valence electrons. The molecule has 1 atom stereocenters. The third kappa shape index (κ3) is 4.24. The lowest BCUT2D eigenvalue weighted by molar-refractivity contribution is 0.362. The number of benzene rings is 1. The van der Waals surface area contributed by atoms with E-state index in [1.54, 1.807) is 0 Å². The van der Waals surface area contributed by atoms with E-state index >= 15 is 0 Å². The van der Waals surface area contributed by atoms with Gasteiger partial charge in [0.1, 0.15) is 0 Å². The van der Waals surface area contributed by atoms with E-state index in [0.29, 0.717) is 0 Å². The second-order valence-electron chi connectivity index (χ2n) is 6.39. The molecular formula is C18H30N2. The van der Waals surface area contributed by atoms with Crippen molar-refractivity contribution in [3.8, 4) is 0 Å². The Kier molecular flexibility index (Phi) is 5.90. The molecular weight excluding hydrogens is 244 g/mol. The molecule has 2 N–H and O–H groups in total. The molecule has 2 nitrogen and oxygen atoms in total. The van der Waals surface area contributed by atoms with Gasteiger partial charge in [0, 0.05) is 25.3 Å². The number of para-hydroxylation sites is 1. The fraction of sp³-hybridized carbons (Fsp3) is 0.667. The molecule has 1 aliphatic carbocycles. The van der Waals surface area contributed by atoms with Gasteiger partial charge in [-0.3, -0.25) is 0 Å². The zero-order chi connectivity index (χ0) is 14.4. The van der Waals surface area contributed by atoms with Crippen LogP contribution in [0.4, 0.5) is 5.69 Å². The van der Waals surface area contributed by atoms with Gasteiger partial charge >= 0.3 is 0 Å². The zero-order valence-corrected chi connectivity index (χ0v) is 13.1. The Bertz CT molecular complexity index is 396. The lowest BCUT2D eigenvalue weighted by Crippen LogP contribution is -2.29. The van der Waals surface area contributed by atoms with Crippen molar-refractivity contribution in [2.45, 2.75) is 57.9 Å². The monoisotopic (exact) mass is 274 g/mol. The fourth-order valence-electron chi connectivity index (χ4n) is 3.34. The maximum Gasteiger partial charge on any atom is 0.0396 e. The second-order valence-corrected chi connectivity index (χ2v) is 6.39. The van der Waals surface area contributed by atoms with Gasteiger partial charge in [0.2, 0.25) is 0 Å². The molecule has 20 heavy (non-hydrogen) atoms. The fourth-order valence-corrected chi connectivity index (χ4v) is 3.34. The van der Waals surface area contributed by atoms with Crippen molar-refractivity contribution in [3.63, 3.8) is 0 Å². The summed E-state index contributed by atoms with van der Waals surface area (Å²) in [5.41, 5.74) is 8.92. The number of hydrogen-bond acceptors (Lipinski definition) is 2. The van der Waals surface area contributed by atoms with Crippen molar-refractivity contribution in [2.24, 2.45) is 11.7 Å². The molecule has 1 aromatic rings. The molecule has 0 radical (unpaired) electrons. The molecule has 0 amide bonds. The largest absolute Gasteiger partial charge is 0.374 e. The quantitative estimate of drug-likeness (QED) is 0.850. The van der Waals surface area contributed by atoms with Gasteiger partial charge in [-0.2, -0.15) is 0 Å². The van der Waals surface area contributed by atoms with Crippen LogP contribution < -0.4 is 10.6 Å². The van der Waals surface area contributed by atoms with Gasteiger partial charge in [0.15, 0.2) is 0 Å². The molecule has 0 aliphatic heterocycles. The normalized spacial score (nSPS) is 17.9. The van der Waals surface area contributed by atoms with Crippen LogP contribution in [0, 0.1) is 5.92 Å². The Morgan fingerprint density at radius 2 is 1.90 bits per heavy atom. The number of nitrogens with zero attached hydrogens (tertiary/aromatic N) is 1. The molecule has 0 saturated heterocycles. The Morgan fingerprint density at radius 1 is 1.20 bits per heavy atom. The number of rotatable bonds is 6. The number of hydrogen-bond donors (Lipinski definition) is 1. The first-order valence-electron chi connectivity index (χ1n) is 8.25. The molecule has 0 heterocycles. The Labute approximate surface area is 124 Å². The Balaban J connectivity index is 2.02. The van der Waals surface area contributed by atoms with Crippen molar-refractivity contribution in [2.75, 3.05) is 18.5 Å². The first-order valence-corrected chi connectivity index (χ1v) is 8.25. The standard InChI is InChI=1S/C18H30N2/c1-3-17(19)13-16-11-7-8-12-18(16)20(2)14-15-9-5-4-6-10-15/h7-8,11-12,15,17H,3-6,9-10,13-14,19H2,1-2H3. The minimum absolute atomic E-state index is 0.277. The summed E-state index contributed by atoms with van der Waals surface area (Å²) in [6.07, 6.45) is 9.11. The minimum atomic E-state index is 0.277. The first-order chi connectivity index (χ1) is 9.70. The second kappa shape index (κ2) is 7.68. The Hall–Kier alpha value is -1.02. The molecule has 0 spiro atoms.